The Kier molecular flexibility index (Phi) is 11.0. The van der Waals surface area contributed by atoms with Crippen LogP contribution in [0, 0.1) is 0 Å². The molecule has 0 bridgehead atoms. The lowest BCUT2D eigenvalue weighted by Gasteiger charge is -2.03. The quantitative estimate of drug-likeness (QED) is 0.225. The van der Waals surface area contributed by atoms with Crippen molar-refractivity contribution in [2.45, 2.75) is 95.9 Å². The molecule has 4 nitrogen and oxygen atoms in total. The van der Waals surface area contributed by atoms with E-state index in [-0.39, 0.29) is 18.2 Å². The second-order valence-corrected chi connectivity index (χ2v) is 6.47. The molecule has 1 saturated heterocycles. The molecule has 3 atom stereocenters. The average Bonchev–Trinajstić information content (AvgIpc) is 3.30. The van der Waals surface area contributed by atoms with Crippen LogP contribution in [-0.4, -0.2) is 36.5 Å². The molecule has 23 heavy (non-hydrogen) atoms. The number of methoxy groups -OCH3 is 1. The van der Waals surface area contributed by atoms with Gasteiger partial charge in [0.05, 0.1) is 19.3 Å². The van der Waals surface area contributed by atoms with Crippen LogP contribution in [0.15, 0.2) is 12.2 Å². The van der Waals surface area contributed by atoms with Gasteiger partial charge >= 0.3 is 5.97 Å². The number of rotatable bonds is 14. The highest BCUT2D eigenvalue weighted by Gasteiger charge is 2.35. The first-order chi connectivity index (χ1) is 11.2. The Morgan fingerprint density at radius 1 is 1.17 bits per heavy atom. The summed E-state index contributed by atoms with van der Waals surface area (Å²) in [7, 11) is 1.44. The standard InChI is InChI=1S/C19H34O4/c1-3-4-8-11-16(20)14-15-18-17(23-18)12-9-6-5-7-10-13-19(21)22-2/h14-18,20H,3-13H2,1-2H3/b15-14+/t16?,17-,18-/m1/s1. The van der Waals surface area contributed by atoms with Gasteiger partial charge in [-0.1, -0.05) is 64.0 Å². The summed E-state index contributed by atoms with van der Waals surface area (Å²) in [6.07, 6.45) is 15.7. The van der Waals surface area contributed by atoms with Crippen LogP contribution in [0.25, 0.3) is 0 Å². The Balaban J connectivity index is 1.91. The van der Waals surface area contributed by atoms with E-state index < -0.39 is 0 Å². The molecule has 1 aliphatic rings. The van der Waals surface area contributed by atoms with Crippen molar-refractivity contribution in [2.24, 2.45) is 0 Å². The fourth-order valence-electron chi connectivity index (χ4n) is 2.74. The highest BCUT2D eigenvalue weighted by atomic mass is 16.6. The molecule has 0 aromatic heterocycles. The van der Waals surface area contributed by atoms with Gasteiger partial charge in [-0.3, -0.25) is 4.79 Å². The van der Waals surface area contributed by atoms with Crippen LogP contribution < -0.4 is 0 Å². The second kappa shape index (κ2) is 12.5. The monoisotopic (exact) mass is 326 g/mol. The zero-order valence-corrected chi connectivity index (χ0v) is 14.8. The average molecular weight is 326 g/mol. The van der Waals surface area contributed by atoms with Gasteiger partial charge < -0.3 is 14.6 Å². The molecule has 0 aromatic rings. The van der Waals surface area contributed by atoms with Crippen molar-refractivity contribution in [1.29, 1.82) is 0 Å². The molecule has 134 valence electrons. The van der Waals surface area contributed by atoms with E-state index in [2.05, 4.69) is 11.7 Å². The number of hydrogen-bond acceptors (Lipinski definition) is 4. The highest BCUT2D eigenvalue weighted by Crippen LogP contribution is 2.29. The predicted molar refractivity (Wildman–Crippen MR) is 92.3 cm³/mol. The normalized spacial score (nSPS) is 21.5. The third-order valence-corrected chi connectivity index (χ3v) is 4.35. The summed E-state index contributed by atoms with van der Waals surface area (Å²) in [6, 6.07) is 0. The minimum atomic E-state index is -0.318. The molecule has 0 saturated carbocycles. The van der Waals surface area contributed by atoms with E-state index in [1.807, 2.05) is 12.2 Å². The van der Waals surface area contributed by atoms with Crippen LogP contribution >= 0.6 is 0 Å². The molecule has 1 aliphatic heterocycles. The topological polar surface area (TPSA) is 59.1 Å². The van der Waals surface area contributed by atoms with E-state index in [1.54, 1.807) is 0 Å². The van der Waals surface area contributed by atoms with Crippen molar-refractivity contribution in [1.82, 2.24) is 0 Å². The van der Waals surface area contributed by atoms with Gasteiger partial charge in [0.2, 0.25) is 0 Å². The van der Waals surface area contributed by atoms with Gasteiger partial charge in [0.15, 0.2) is 0 Å². The summed E-state index contributed by atoms with van der Waals surface area (Å²) >= 11 is 0. The molecular weight excluding hydrogens is 292 g/mol. The minimum absolute atomic E-state index is 0.108. The fraction of sp³-hybridized carbons (Fsp3) is 0.842. The van der Waals surface area contributed by atoms with E-state index in [0.29, 0.717) is 12.5 Å². The number of esters is 1. The summed E-state index contributed by atoms with van der Waals surface area (Å²) in [5.74, 6) is -0.108. The maximum absolute atomic E-state index is 11.0. The Bertz CT molecular complexity index is 340. The van der Waals surface area contributed by atoms with E-state index in [9.17, 15) is 9.90 Å². The molecule has 1 rings (SSSR count). The van der Waals surface area contributed by atoms with Gasteiger partial charge in [0.1, 0.15) is 6.10 Å². The van der Waals surface area contributed by atoms with Crippen LogP contribution in [-0.2, 0) is 14.3 Å². The lowest BCUT2D eigenvalue weighted by Crippen LogP contribution is -2.02. The zero-order valence-electron chi connectivity index (χ0n) is 14.8. The first-order valence-corrected chi connectivity index (χ1v) is 9.26. The van der Waals surface area contributed by atoms with Crippen molar-refractivity contribution in [3.05, 3.63) is 12.2 Å². The van der Waals surface area contributed by atoms with Gasteiger partial charge in [-0.05, 0) is 19.3 Å². The predicted octanol–water partition coefficient (Wildman–Crippen LogP) is 4.15. The van der Waals surface area contributed by atoms with Crippen LogP contribution in [0.4, 0.5) is 0 Å². The van der Waals surface area contributed by atoms with Crippen LogP contribution in [0.5, 0.6) is 0 Å². The second-order valence-electron chi connectivity index (χ2n) is 6.47. The maximum atomic E-state index is 11.0. The van der Waals surface area contributed by atoms with E-state index in [0.717, 1.165) is 32.1 Å². The molecule has 0 amide bonds. The number of hydrogen-bond donors (Lipinski definition) is 1. The van der Waals surface area contributed by atoms with Crippen LogP contribution in [0.1, 0.15) is 77.6 Å². The van der Waals surface area contributed by atoms with E-state index in [4.69, 9.17) is 4.74 Å². The Morgan fingerprint density at radius 2 is 1.91 bits per heavy atom. The Morgan fingerprint density at radius 3 is 2.65 bits per heavy atom. The fourth-order valence-corrected chi connectivity index (χ4v) is 2.74. The summed E-state index contributed by atoms with van der Waals surface area (Å²) in [6.45, 7) is 2.17. The lowest BCUT2D eigenvalue weighted by atomic mass is 10.1. The molecule has 1 fully saturated rings. The Hall–Kier alpha value is -0.870. The van der Waals surface area contributed by atoms with Crippen molar-refractivity contribution in [3.63, 3.8) is 0 Å². The van der Waals surface area contributed by atoms with Gasteiger partial charge in [-0.2, -0.15) is 0 Å². The van der Waals surface area contributed by atoms with Gasteiger partial charge in [-0.25, -0.2) is 0 Å². The molecule has 4 heteroatoms. The number of carbonyl (C=O) groups excluding carboxylic acids is 1. The number of carbonyl (C=O) groups is 1. The zero-order chi connectivity index (χ0) is 16.9. The molecule has 1 N–H and O–H groups in total. The third-order valence-electron chi connectivity index (χ3n) is 4.35. The SMILES string of the molecule is CCCCCC(O)/C=C/[C@H]1O[C@@H]1CCCCCCCC(=O)OC. The van der Waals surface area contributed by atoms with E-state index in [1.165, 1.54) is 39.2 Å². The van der Waals surface area contributed by atoms with Crippen molar-refractivity contribution < 1.29 is 19.4 Å². The molecule has 0 aromatic carbocycles. The largest absolute Gasteiger partial charge is 0.469 e. The maximum Gasteiger partial charge on any atom is 0.305 e. The van der Waals surface area contributed by atoms with Gasteiger partial charge in [0, 0.05) is 6.42 Å². The number of epoxide rings is 1. The van der Waals surface area contributed by atoms with Crippen molar-refractivity contribution >= 4 is 5.97 Å². The number of aliphatic hydroxyl groups excluding tert-OH is 1. The molecule has 0 radical (unpaired) electrons. The summed E-state index contributed by atoms with van der Waals surface area (Å²) in [5.41, 5.74) is 0. The number of ether oxygens (including phenoxy) is 2. The first kappa shape index (κ1) is 20.2. The smallest absolute Gasteiger partial charge is 0.305 e. The molecule has 1 heterocycles. The van der Waals surface area contributed by atoms with Gasteiger partial charge in [-0.15, -0.1) is 0 Å². The van der Waals surface area contributed by atoms with Crippen LogP contribution in [0.2, 0.25) is 0 Å². The highest BCUT2D eigenvalue weighted by molar-refractivity contribution is 5.68. The summed E-state index contributed by atoms with van der Waals surface area (Å²) in [5, 5.41) is 9.82. The molecule has 1 unspecified atom stereocenters. The first-order valence-electron chi connectivity index (χ1n) is 9.26. The van der Waals surface area contributed by atoms with Crippen LogP contribution in [0.3, 0.4) is 0 Å². The summed E-state index contributed by atoms with van der Waals surface area (Å²) in [4.78, 5) is 11.0. The number of unbranched alkanes of at least 4 members (excludes halogenated alkanes) is 6. The van der Waals surface area contributed by atoms with Crippen molar-refractivity contribution in [2.75, 3.05) is 7.11 Å². The lowest BCUT2D eigenvalue weighted by molar-refractivity contribution is -0.140. The Labute approximate surface area is 141 Å². The molecular formula is C19H34O4. The molecule has 0 aliphatic carbocycles. The number of aliphatic hydroxyl groups is 1. The van der Waals surface area contributed by atoms with E-state index >= 15 is 0 Å². The summed E-state index contributed by atoms with van der Waals surface area (Å²) < 4.78 is 10.2. The van der Waals surface area contributed by atoms with Gasteiger partial charge in [0.25, 0.3) is 0 Å². The van der Waals surface area contributed by atoms with Crippen molar-refractivity contribution in [3.8, 4) is 0 Å². The third kappa shape index (κ3) is 10.5. The minimum Gasteiger partial charge on any atom is -0.469 e. The molecule has 0 spiro atoms.